The number of hydrogen-bond acceptors (Lipinski definition) is 6. The third kappa shape index (κ3) is 5.32. The van der Waals surface area contributed by atoms with Crippen LogP contribution in [0.4, 0.5) is 11.4 Å². The van der Waals surface area contributed by atoms with Crippen LogP contribution < -0.4 is 5.32 Å². The molecule has 0 aliphatic carbocycles. The van der Waals surface area contributed by atoms with Gasteiger partial charge >= 0.3 is 11.9 Å². The van der Waals surface area contributed by atoms with Crippen LogP contribution in [0.25, 0.3) is 16.6 Å². The fourth-order valence-electron chi connectivity index (χ4n) is 4.11. The van der Waals surface area contributed by atoms with Crippen LogP contribution in [0, 0.1) is 10.1 Å². The summed E-state index contributed by atoms with van der Waals surface area (Å²) >= 11 is 0. The lowest BCUT2D eigenvalue weighted by Gasteiger charge is -2.13. The van der Waals surface area contributed by atoms with E-state index in [0.29, 0.717) is 16.8 Å². The Morgan fingerprint density at radius 1 is 1.05 bits per heavy atom. The molecule has 0 fully saturated rings. The number of aryl methyl sites for hydroxylation is 1. The van der Waals surface area contributed by atoms with Gasteiger partial charge in [0.2, 0.25) is 5.91 Å². The fourth-order valence-corrected chi connectivity index (χ4v) is 4.11. The van der Waals surface area contributed by atoms with Gasteiger partial charge in [-0.2, -0.15) is 0 Å². The summed E-state index contributed by atoms with van der Waals surface area (Å²) in [4.78, 5) is 48.5. The number of para-hydroxylation sites is 1. The van der Waals surface area contributed by atoms with Crippen LogP contribution in [-0.4, -0.2) is 39.0 Å². The lowest BCUT2D eigenvalue weighted by atomic mass is 10.0. The number of nitrogens with zero attached hydrogens (tertiary/aromatic N) is 2. The Balaban J connectivity index is 1.72. The highest BCUT2D eigenvalue weighted by atomic mass is 16.6. The first-order valence-electron chi connectivity index (χ1n) is 11.5. The van der Waals surface area contributed by atoms with Gasteiger partial charge in [0.05, 0.1) is 33.9 Å². The van der Waals surface area contributed by atoms with E-state index in [1.165, 1.54) is 24.4 Å². The van der Waals surface area contributed by atoms with E-state index in [1.807, 2.05) is 18.2 Å². The molecule has 1 amide bonds. The van der Waals surface area contributed by atoms with Crippen molar-refractivity contribution in [3.63, 3.8) is 0 Å². The minimum atomic E-state index is -1.24. The van der Waals surface area contributed by atoms with Crippen molar-refractivity contribution >= 4 is 40.1 Å². The number of benzene rings is 3. The Morgan fingerprint density at radius 3 is 2.49 bits per heavy atom. The normalized spacial score (nSPS) is 10.7. The van der Waals surface area contributed by atoms with E-state index >= 15 is 0 Å². The monoisotopic (exact) mass is 501 g/mol. The number of aromatic nitrogens is 1. The summed E-state index contributed by atoms with van der Waals surface area (Å²) in [5.74, 6) is -2.45. The molecular formula is C27H23N3O7. The standard InChI is InChI=1S/C27H23N3O7/c1-2-37-27(34)25-21(28-23(31)14-11-17-7-6-10-19(15-17)30(35)36)12-13-22-24(25)20(26(32)33)16-29(22)18-8-4-3-5-9-18/h3-10,12-13,15-16H,2,11,14H2,1H3,(H,28,31)(H,32,33). The second-order valence-electron chi connectivity index (χ2n) is 8.13. The average Bonchev–Trinajstić information content (AvgIpc) is 3.28. The number of amides is 1. The lowest BCUT2D eigenvalue weighted by molar-refractivity contribution is -0.384. The minimum absolute atomic E-state index is 0.0156. The summed E-state index contributed by atoms with van der Waals surface area (Å²) in [6.07, 6.45) is 1.65. The van der Waals surface area contributed by atoms with E-state index in [1.54, 1.807) is 41.8 Å². The molecule has 0 bridgehead atoms. The van der Waals surface area contributed by atoms with Crippen LogP contribution in [0.2, 0.25) is 0 Å². The van der Waals surface area contributed by atoms with Gasteiger partial charge in [0.1, 0.15) is 0 Å². The number of nitro benzene ring substituents is 1. The third-order valence-corrected chi connectivity index (χ3v) is 5.75. The second-order valence-corrected chi connectivity index (χ2v) is 8.13. The van der Waals surface area contributed by atoms with Gasteiger partial charge in [-0.25, -0.2) is 9.59 Å². The fraction of sp³-hybridized carbons (Fsp3) is 0.148. The van der Waals surface area contributed by atoms with Crippen LogP contribution >= 0.6 is 0 Å². The number of fused-ring (bicyclic) bond motifs is 1. The van der Waals surface area contributed by atoms with Gasteiger partial charge in [-0.05, 0) is 43.2 Å². The predicted molar refractivity (Wildman–Crippen MR) is 136 cm³/mol. The van der Waals surface area contributed by atoms with Crippen LogP contribution in [-0.2, 0) is 16.0 Å². The molecule has 0 spiro atoms. The van der Waals surface area contributed by atoms with Gasteiger partial charge in [0, 0.05) is 35.8 Å². The quantitative estimate of drug-likeness (QED) is 0.187. The molecule has 3 aromatic carbocycles. The van der Waals surface area contributed by atoms with Crippen LogP contribution in [0.15, 0.2) is 72.9 Å². The second kappa shape index (κ2) is 10.7. The van der Waals surface area contributed by atoms with Gasteiger partial charge in [0.15, 0.2) is 0 Å². The molecule has 0 atom stereocenters. The first-order chi connectivity index (χ1) is 17.8. The summed E-state index contributed by atoms with van der Waals surface area (Å²) in [5, 5.41) is 23.8. The van der Waals surface area contributed by atoms with Crippen molar-refractivity contribution in [1.82, 2.24) is 4.57 Å². The molecule has 0 saturated heterocycles. The van der Waals surface area contributed by atoms with Crippen molar-refractivity contribution in [2.75, 3.05) is 11.9 Å². The number of anilines is 1. The van der Waals surface area contributed by atoms with Crippen molar-refractivity contribution in [2.45, 2.75) is 19.8 Å². The Hall–Kier alpha value is -4.99. The SMILES string of the molecule is CCOC(=O)c1c(NC(=O)CCc2cccc([N+](=O)[O-])c2)ccc2c1c(C(=O)O)cn2-c1ccccc1. The van der Waals surface area contributed by atoms with Crippen molar-refractivity contribution < 1.29 is 29.2 Å². The number of ether oxygens (including phenoxy) is 1. The Bertz CT molecular complexity index is 1510. The lowest BCUT2D eigenvalue weighted by Crippen LogP contribution is -2.17. The molecule has 4 aromatic rings. The highest BCUT2D eigenvalue weighted by molar-refractivity contribution is 6.17. The largest absolute Gasteiger partial charge is 0.478 e. The zero-order chi connectivity index (χ0) is 26.5. The average molecular weight is 501 g/mol. The van der Waals surface area contributed by atoms with Crippen molar-refractivity contribution in [3.8, 4) is 5.69 Å². The number of hydrogen-bond donors (Lipinski definition) is 2. The highest BCUT2D eigenvalue weighted by Crippen LogP contribution is 2.33. The number of rotatable bonds is 9. The number of esters is 1. The molecule has 188 valence electrons. The third-order valence-electron chi connectivity index (χ3n) is 5.75. The summed E-state index contributed by atoms with van der Waals surface area (Å²) in [6.45, 7) is 1.68. The Kier molecular flexibility index (Phi) is 7.28. The summed E-state index contributed by atoms with van der Waals surface area (Å²) in [7, 11) is 0. The van der Waals surface area contributed by atoms with Crippen molar-refractivity contribution in [2.24, 2.45) is 0 Å². The van der Waals surface area contributed by atoms with E-state index in [-0.39, 0.29) is 47.3 Å². The predicted octanol–water partition coefficient (Wildman–Crippen LogP) is 4.98. The molecule has 10 heteroatoms. The number of nitro groups is 1. The Labute approximate surface area is 211 Å². The minimum Gasteiger partial charge on any atom is -0.478 e. The topological polar surface area (TPSA) is 141 Å². The van der Waals surface area contributed by atoms with E-state index in [9.17, 15) is 29.6 Å². The number of carbonyl (C=O) groups is 3. The van der Waals surface area contributed by atoms with E-state index in [0.717, 1.165) is 0 Å². The summed E-state index contributed by atoms with van der Waals surface area (Å²) in [5.41, 5.74) is 1.63. The maximum atomic E-state index is 13.0. The van der Waals surface area contributed by atoms with Crippen LogP contribution in [0.5, 0.6) is 0 Å². The van der Waals surface area contributed by atoms with Gasteiger partial charge in [-0.15, -0.1) is 0 Å². The zero-order valence-corrected chi connectivity index (χ0v) is 19.8. The molecule has 2 N–H and O–H groups in total. The van der Waals surface area contributed by atoms with Crippen LogP contribution in [0.3, 0.4) is 0 Å². The molecule has 1 aromatic heterocycles. The molecule has 0 aliphatic rings. The maximum Gasteiger partial charge on any atom is 0.340 e. The molecule has 4 rings (SSSR count). The first-order valence-corrected chi connectivity index (χ1v) is 11.5. The van der Waals surface area contributed by atoms with E-state index in [2.05, 4.69) is 5.32 Å². The number of carboxylic acid groups (broad SMARTS) is 1. The molecule has 0 unspecified atom stereocenters. The molecule has 1 heterocycles. The molecular weight excluding hydrogens is 478 g/mol. The van der Waals surface area contributed by atoms with E-state index < -0.39 is 22.8 Å². The van der Waals surface area contributed by atoms with Gasteiger partial charge in [-0.3, -0.25) is 14.9 Å². The number of carboxylic acids is 1. The summed E-state index contributed by atoms with van der Waals surface area (Å²) < 4.78 is 6.88. The van der Waals surface area contributed by atoms with Crippen molar-refractivity contribution in [1.29, 1.82) is 0 Å². The maximum absolute atomic E-state index is 13.0. The number of carbonyl (C=O) groups excluding carboxylic acids is 2. The van der Waals surface area contributed by atoms with Gasteiger partial charge in [0.25, 0.3) is 5.69 Å². The number of nitrogens with one attached hydrogen (secondary N) is 1. The van der Waals surface area contributed by atoms with Gasteiger partial charge < -0.3 is 19.7 Å². The van der Waals surface area contributed by atoms with Crippen LogP contribution in [0.1, 0.15) is 39.6 Å². The molecule has 0 aliphatic heterocycles. The number of non-ortho nitro benzene ring substituents is 1. The highest BCUT2D eigenvalue weighted by Gasteiger charge is 2.26. The van der Waals surface area contributed by atoms with Gasteiger partial charge in [-0.1, -0.05) is 30.3 Å². The van der Waals surface area contributed by atoms with E-state index in [4.69, 9.17) is 4.74 Å². The zero-order valence-electron chi connectivity index (χ0n) is 19.8. The summed E-state index contributed by atoms with van der Waals surface area (Å²) in [6, 6.07) is 18.2. The van der Waals surface area contributed by atoms with Crippen molar-refractivity contribution in [3.05, 3.63) is 99.7 Å². The number of aromatic carboxylic acids is 1. The molecule has 37 heavy (non-hydrogen) atoms. The Morgan fingerprint density at radius 2 is 1.81 bits per heavy atom. The first kappa shape index (κ1) is 25.1. The molecule has 0 radical (unpaired) electrons. The molecule has 0 saturated carbocycles. The molecule has 10 nitrogen and oxygen atoms in total. The smallest absolute Gasteiger partial charge is 0.340 e.